The van der Waals surface area contributed by atoms with Crippen molar-refractivity contribution in [3.8, 4) is 0 Å². The Kier molecular flexibility index (Phi) is 2.33. The van der Waals surface area contributed by atoms with Gasteiger partial charge in [-0.2, -0.15) is 0 Å². The van der Waals surface area contributed by atoms with Crippen molar-refractivity contribution in [3.63, 3.8) is 0 Å². The summed E-state index contributed by atoms with van der Waals surface area (Å²) in [7, 11) is 0. The van der Waals surface area contributed by atoms with Gasteiger partial charge in [-0.25, -0.2) is 0 Å². The Morgan fingerprint density at radius 1 is 1.25 bits per heavy atom. The number of hydrogen-bond acceptors (Lipinski definition) is 2. The second kappa shape index (κ2) is 3.34. The second-order valence-corrected chi connectivity index (χ2v) is 5.27. The number of hydrogen-bond donors (Lipinski definition) is 2. The van der Waals surface area contributed by atoms with Gasteiger partial charge in [0.05, 0.1) is 10.8 Å². The van der Waals surface area contributed by atoms with Crippen molar-refractivity contribution in [2.45, 2.75) is 32.6 Å². The molecule has 0 radical (unpaired) electrons. The van der Waals surface area contributed by atoms with Crippen LogP contribution in [0.1, 0.15) is 32.6 Å². The van der Waals surface area contributed by atoms with Gasteiger partial charge < -0.3 is 10.2 Å². The summed E-state index contributed by atoms with van der Waals surface area (Å²) in [5, 5.41) is 18.6. The van der Waals surface area contributed by atoms with Gasteiger partial charge in [0.1, 0.15) is 0 Å². The Hall–Kier alpha value is -1.32. The molecule has 4 heteroatoms. The smallest absolute Gasteiger partial charge is 0.313 e. The van der Waals surface area contributed by atoms with E-state index in [0.29, 0.717) is 6.42 Å². The van der Waals surface area contributed by atoms with Crippen LogP contribution in [0.2, 0.25) is 0 Å². The summed E-state index contributed by atoms with van der Waals surface area (Å²) in [5.74, 6) is -1.65. The summed E-state index contributed by atoms with van der Waals surface area (Å²) in [6.45, 7) is 1.64. The third kappa shape index (κ3) is 1.52. The molecule has 2 rings (SSSR count). The van der Waals surface area contributed by atoms with Crippen LogP contribution in [0.3, 0.4) is 0 Å². The van der Waals surface area contributed by atoms with Crippen LogP contribution in [0.25, 0.3) is 0 Å². The quantitative estimate of drug-likeness (QED) is 0.718. The van der Waals surface area contributed by atoms with E-state index < -0.39 is 22.8 Å². The van der Waals surface area contributed by atoms with E-state index in [4.69, 9.17) is 0 Å². The zero-order valence-corrected chi connectivity index (χ0v) is 9.27. The maximum atomic E-state index is 11.4. The van der Waals surface area contributed by atoms with Crippen LogP contribution in [0, 0.1) is 16.7 Å². The molecule has 2 N–H and O–H groups in total. The summed E-state index contributed by atoms with van der Waals surface area (Å²) < 4.78 is 0. The van der Waals surface area contributed by atoms with Gasteiger partial charge in [-0.15, -0.1) is 0 Å². The molecule has 0 heterocycles. The maximum absolute atomic E-state index is 11.4. The molecule has 2 aliphatic carbocycles. The van der Waals surface area contributed by atoms with Crippen LogP contribution in [0.5, 0.6) is 0 Å². The first-order valence-corrected chi connectivity index (χ1v) is 5.55. The van der Waals surface area contributed by atoms with Gasteiger partial charge in [0.2, 0.25) is 0 Å². The lowest BCUT2D eigenvalue weighted by Crippen LogP contribution is -2.43. The Morgan fingerprint density at radius 3 is 2.31 bits per heavy atom. The third-order valence-electron chi connectivity index (χ3n) is 3.89. The van der Waals surface area contributed by atoms with E-state index >= 15 is 0 Å². The largest absolute Gasteiger partial charge is 0.481 e. The van der Waals surface area contributed by atoms with Crippen LogP contribution >= 0.6 is 0 Å². The first-order valence-electron chi connectivity index (χ1n) is 5.55. The molecule has 0 aromatic carbocycles. The van der Waals surface area contributed by atoms with Gasteiger partial charge in [0, 0.05) is 0 Å². The van der Waals surface area contributed by atoms with E-state index in [1.165, 1.54) is 0 Å². The average molecular weight is 224 g/mol. The molecule has 88 valence electrons. The SMILES string of the molecule is CC1(C(=O)O)CC=CC(C(=O)O)(C2CC2)C1. The van der Waals surface area contributed by atoms with Crippen molar-refractivity contribution in [1.82, 2.24) is 0 Å². The first kappa shape index (κ1) is 11.2. The topological polar surface area (TPSA) is 74.6 Å². The lowest BCUT2D eigenvalue weighted by atomic mass is 9.64. The number of carbonyl (C=O) groups is 2. The molecule has 0 aliphatic heterocycles. The fourth-order valence-corrected chi connectivity index (χ4v) is 2.67. The maximum Gasteiger partial charge on any atom is 0.313 e. The molecule has 0 aromatic heterocycles. The highest BCUT2D eigenvalue weighted by atomic mass is 16.4. The van der Waals surface area contributed by atoms with Gasteiger partial charge in [-0.3, -0.25) is 9.59 Å². The number of allylic oxidation sites excluding steroid dienone is 1. The molecule has 1 saturated carbocycles. The van der Waals surface area contributed by atoms with Crippen LogP contribution in [-0.2, 0) is 9.59 Å². The highest BCUT2D eigenvalue weighted by molar-refractivity contribution is 5.82. The average Bonchev–Trinajstić information content (AvgIpc) is 3.00. The molecule has 0 spiro atoms. The molecule has 0 bridgehead atoms. The molecule has 0 saturated heterocycles. The highest BCUT2D eigenvalue weighted by Crippen LogP contribution is 2.55. The van der Waals surface area contributed by atoms with Crippen molar-refractivity contribution >= 4 is 11.9 Å². The van der Waals surface area contributed by atoms with Crippen molar-refractivity contribution < 1.29 is 19.8 Å². The lowest BCUT2D eigenvalue weighted by molar-refractivity contribution is -0.156. The predicted molar refractivity (Wildman–Crippen MR) is 56.9 cm³/mol. The van der Waals surface area contributed by atoms with Crippen LogP contribution in [0.15, 0.2) is 12.2 Å². The predicted octanol–water partition coefficient (Wildman–Crippen LogP) is 1.91. The monoisotopic (exact) mass is 224 g/mol. The Labute approximate surface area is 94.0 Å². The van der Waals surface area contributed by atoms with Crippen LogP contribution in [-0.4, -0.2) is 22.2 Å². The molecule has 0 amide bonds. The molecule has 4 nitrogen and oxygen atoms in total. The third-order valence-corrected chi connectivity index (χ3v) is 3.89. The van der Waals surface area contributed by atoms with Gasteiger partial charge in [0.25, 0.3) is 0 Å². The normalized spacial score (nSPS) is 38.3. The van der Waals surface area contributed by atoms with E-state index in [0.717, 1.165) is 12.8 Å². The van der Waals surface area contributed by atoms with Crippen molar-refractivity contribution in [3.05, 3.63) is 12.2 Å². The summed E-state index contributed by atoms with van der Waals surface area (Å²) in [5.41, 5.74) is -1.87. The second-order valence-electron chi connectivity index (χ2n) is 5.27. The van der Waals surface area contributed by atoms with E-state index in [2.05, 4.69) is 0 Å². The highest BCUT2D eigenvalue weighted by Gasteiger charge is 2.55. The van der Waals surface area contributed by atoms with Crippen molar-refractivity contribution in [2.75, 3.05) is 0 Å². The summed E-state index contributed by atoms with van der Waals surface area (Å²) in [6.07, 6.45) is 5.87. The number of aliphatic carboxylic acids is 2. The van der Waals surface area contributed by atoms with E-state index in [1.807, 2.05) is 0 Å². The zero-order valence-electron chi connectivity index (χ0n) is 9.27. The molecule has 1 fully saturated rings. The minimum absolute atomic E-state index is 0.125. The summed E-state index contributed by atoms with van der Waals surface area (Å²) in [6, 6.07) is 0. The molecular formula is C12H16O4. The fraction of sp³-hybridized carbons (Fsp3) is 0.667. The van der Waals surface area contributed by atoms with Gasteiger partial charge in [-0.05, 0) is 38.5 Å². The standard InChI is InChI=1S/C12H16O4/c1-11(9(13)14)5-2-6-12(7-11,10(15)16)8-3-4-8/h2,6,8H,3-5,7H2,1H3,(H,13,14)(H,15,16). The van der Waals surface area contributed by atoms with E-state index in [1.54, 1.807) is 19.1 Å². The summed E-state index contributed by atoms with van der Waals surface area (Å²) in [4.78, 5) is 22.6. The van der Waals surface area contributed by atoms with Crippen LogP contribution < -0.4 is 0 Å². The number of carboxylic acids is 2. The van der Waals surface area contributed by atoms with E-state index in [9.17, 15) is 19.8 Å². The molecule has 2 aliphatic rings. The van der Waals surface area contributed by atoms with Gasteiger partial charge in [-0.1, -0.05) is 12.2 Å². The van der Waals surface area contributed by atoms with Crippen molar-refractivity contribution in [1.29, 1.82) is 0 Å². The van der Waals surface area contributed by atoms with Crippen LogP contribution in [0.4, 0.5) is 0 Å². The minimum atomic E-state index is -0.939. The lowest BCUT2D eigenvalue weighted by Gasteiger charge is -2.38. The fourth-order valence-electron chi connectivity index (χ4n) is 2.67. The Balaban J connectivity index is 2.35. The Bertz CT molecular complexity index is 369. The van der Waals surface area contributed by atoms with Gasteiger partial charge in [0.15, 0.2) is 0 Å². The molecule has 0 aromatic rings. The molecule has 16 heavy (non-hydrogen) atoms. The summed E-state index contributed by atoms with van der Waals surface area (Å²) >= 11 is 0. The number of carboxylic acid groups (broad SMARTS) is 2. The molecular weight excluding hydrogens is 208 g/mol. The van der Waals surface area contributed by atoms with Crippen molar-refractivity contribution in [2.24, 2.45) is 16.7 Å². The number of rotatable bonds is 3. The first-order chi connectivity index (χ1) is 7.41. The molecule has 2 unspecified atom stereocenters. The zero-order chi connectivity index (χ0) is 12.0. The van der Waals surface area contributed by atoms with Gasteiger partial charge >= 0.3 is 11.9 Å². The Morgan fingerprint density at radius 2 is 1.88 bits per heavy atom. The van der Waals surface area contributed by atoms with E-state index in [-0.39, 0.29) is 12.3 Å². The minimum Gasteiger partial charge on any atom is -0.481 e. The molecule has 2 atom stereocenters.